The average molecular weight is 286 g/mol. The molecular formula is C18H23FN2. The first kappa shape index (κ1) is 15.7. The summed E-state index contributed by atoms with van der Waals surface area (Å²) in [5, 5.41) is 0. The van der Waals surface area contributed by atoms with Gasteiger partial charge in [0.1, 0.15) is 5.82 Å². The zero-order valence-corrected chi connectivity index (χ0v) is 12.7. The first-order valence-corrected chi connectivity index (χ1v) is 7.31. The van der Waals surface area contributed by atoms with Gasteiger partial charge in [0, 0.05) is 18.7 Å². The van der Waals surface area contributed by atoms with Gasteiger partial charge in [-0.15, -0.1) is 0 Å². The molecule has 0 radical (unpaired) electrons. The summed E-state index contributed by atoms with van der Waals surface area (Å²) in [4.78, 5) is 2.11. The third kappa shape index (κ3) is 4.38. The molecule has 0 bridgehead atoms. The second kappa shape index (κ2) is 7.34. The molecule has 2 aromatic carbocycles. The highest BCUT2D eigenvalue weighted by Gasteiger charge is 2.07. The van der Waals surface area contributed by atoms with E-state index in [2.05, 4.69) is 36.1 Å². The van der Waals surface area contributed by atoms with Gasteiger partial charge >= 0.3 is 0 Å². The number of hydrogen-bond acceptors (Lipinski definition) is 2. The molecule has 0 amide bonds. The summed E-state index contributed by atoms with van der Waals surface area (Å²) in [7, 11) is 2.00. The van der Waals surface area contributed by atoms with Gasteiger partial charge in [0.05, 0.1) is 0 Å². The predicted octanol–water partition coefficient (Wildman–Crippen LogP) is 3.52. The molecule has 112 valence electrons. The topological polar surface area (TPSA) is 29.3 Å². The molecular weight excluding hydrogens is 263 g/mol. The van der Waals surface area contributed by atoms with Crippen molar-refractivity contribution in [3.8, 4) is 0 Å². The van der Waals surface area contributed by atoms with E-state index in [9.17, 15) is 4.39 Å². The lowest BCUT2D eigenvalue weighted by Gasteiger charge is -2.18. The molecule has 2 nitrogen and oxygen atoms in total. The minimum Gasteiger partial charge on any atom is -0.330 e. The maximum absolute atomic E-state index is 13.6. The average Bonchev–Trinajstić information content (AvgIpc) is 2.49. The van der Waals surface area contributed by atoms with Crippen LogP contribution in [0.2, 0.25) is 0 Å². The number of benzene rings is 2. The first-order chi connectivity index (χ1) is 10.1. The molecule has 0 heterocycles. The Bertz CT molecular complexity index is 566. The van der Waals surface area contributed by atoms with Gasteiger partial charge in [0.15, 0.2) is 0 Å². The lowest BCUT2D eigenvalue weighted by molar-refractivity contribution is 0.313. The fraction of sp³-hybridized carbons (Fsp3) is 0.333. The van der Waals surface area contributed by atoms with Gasteiger partial charge in [-0.2, -0.15) is 0 Å². The van der Waals surface area contributed by atoms with Crippen molar-refractivity contribution >= 4 is 0 Å². The molecule has 0 saturated heterocycles. The Balaban J connectivity index is 1.96. The Labute approximate surface area is 126 Å². The summed E-state index contributed by atoms with van der Waals surface area (Å²) >= 11 is 0. The quantitative estimate of drug-likeness (QED) is 0.880. The lowest BCUT2D eigenvalue weighted by Crippen LogP contribution is -2.18. The molecule has 0 fully saturated rings. The van der Waals surface area contributed by atoms with E-state index in [1.807, 2.05) is 19.2 Å². The summed E-state index contributed by atoms with van der Waals surface area (Å²) in [5.74, 6) is 0.242. The number of nitrogens with two attached hydrogens (primary N) is 1. The normalized spacial score (nSPS) is 12.6. The third-order valence-electron chi connectivity index (χ3n) is 3.75. The van der Waals surface area contributed by atoms with Crippen LogP contribution in [0.15, 0.2) is 48.5 Å². The van der Waals surface area contributed by atoms with Crippen LogP contribution in [0.25, 0.3) is 0 Å². The van der Waals surface area contributed by atoms with Crippen LogP contribution in [0, 0.1) is 5.82 Å². The highest BCUT2D eigenvalue weighted by molar-refractivity contribution is 5.25. The van der Waals surface area contributed by atoms with Crippen LogP contribution in [0.4, 0.5) is 4.39 Å². The second-order valence-electron chi connectivity index (χ2n) is 5.64. The minimum atomic E-state index is -0.142. The highest BCUT2D eigenvalue weighted by Crippen LogP contribution is 2.16. The van der Waals surface area contributed by atoms with Crippen LogP contribution in [-0.2, 0) is 13.1 Å². The summed E-state index contributed by atoms with van der Waals surface area (Å²) < 4.78 is 13.6. The molecule has 21 heavy (non-hydrogen) atoms. The van der Waals surface area contributed by atoms with Crippen molar-refractivity contribution in [1.29, 1.82) is 0 Å². The summed E-state index contributed by atoms with van der Waals surface area (Å²) in [6.45, 7) is 4.19. The molecule has 2 N–H and O–H groups in total. The summed E-state index contributed by atoms with van der Waals surface area (Å²) in [6.07, 6.45) is 0. The summed E-state index contributed by atoms with van der Waals surface area (Å²) in [5.41, 5.74) is 8.90. The van der Waals surface area contributed by atoms with Crippen molar-refractivity contribution in [3.63, 3.8) is 0 Å². The molecule has 0 aliphatic heterocycles. The minimum absolute atomic E-state index is 0.142. The molecule has 0 saturated carbocycles. The van der Waals surface area contributed by atoms with Gasteiger partial charge in [0.25, 0.3) is 0 Å². The Kier molecular flexibility index (Phi) is 5.48. The monoisotopic (exact) mass is 286 g/mol. The second-order valence-corrected chi connectivity index (χ2v) is 5.64. The Morgan fingerprint density at radius 3 is 2.33 bits per heavy atom. The molecule has 0 aliphatic rings. The van der Waals surface area contributed by atoms with E-state index in [1.54, 1.807) is 6.07 Å². The van der Waals surface area contributed by atoms with E-state index in [0.29, 0.717) is 19.0 Å². The Morgan fingerprint density at radius 2 is 1.71 bits per heavy atom. The van der Waals surface area contributed by atoms with Crippen molar-refractivity contribution < 1.29 is 4.39 Å². The smallest absolute Gasteiger partial charge is 0.127 e. The number of rotatable bonds is 6. The maximum atomic E-state index is 13.6. The van der Waals surface area contributed by atoms with Crippen molar-refractivity contribution in [1.82, 2.24) is 4.90 Å². The van der Waals surface area contributed by atoms with Crippen molar-refractivity contribution in [2.24, 2.45) is 5.73 Å². The Morgan fingerprint density at radius 1 is 1.05 bits per heavy atom. The largest absolute Gasteiger partial charge is 0.330 e. The van der Waals surface area contributed by atoms with Gasteiger partial charge in [-0.25, -0.2) is 4.39 Å². The molecule has 1 atom stereocenters. The summed E-state index contributed by atoms with van der Waals surface area (Å²) in [6, 6.07) is 15.4. The lowest BCUT2D eigenvalue weighted by atomic mass is 10.00. The van der Waals surface area contributed by atoms with Crippen LogP contribution >= 0.6 is 0 Å². The number of hydrogen-bond donors (Lipinski definition) is 1. The van der Waals surface area contributed by atoms with Gasteiger partial charge in [-0.3, -0.25) is 4.90 Å². The van der Waals surface area contributed by atoms with Crippen molar-refractivity contribution in [3.05, 3.63) is 71.0 Å². The maximum Gasteiger partial charge on any atom is 0.127 e. The van der Waals surface area contributed by atoms with E-state index in [-0.39, 0.29) is 5.82 Å². The van der Waals surface area contributed by atoms with Crippen LogP contribution < -0.4 is 5.73 Å². The van der Waals surface area contributed by atoms with E-state index >= 15 is 0 Å². The molecule has 2 aromatic rings. The molecule has 2 rings (SSSR count). The molecule has 0 aliphatic carbocycles. The van der Waals surface area contributed by atoms with Gasteiger partial charge in [-0.1, -0.05) is 49.4 Å². The number of nitrogens with zero attached hydrogens (tertiary/aromatic N) is 1. The number of halogens is 1. The first-order valence-electron chi connectivity index (χ1n) is 7.31. The standard InChI is InChI=1S/C18H23FN2/c1-14(11-20)16-9-7-15(8-10-16)12-21(2)13-17-5-3-4-6-18(17)19/h3-10,14H,11-13,20H2,1-2H3. The van der Waals surface area contributed by atoms with E-state index in [4.69, 9.17) is 5.73 Å². The predicted molar refractivity (Wildman–Crippen MR) is 85.5 cm³/mol. The van der Waals surface area contributed by atoms with Crippen LogP contribution in [0.3, 0.4) is 0 Å². The van der Waals surface area contributed by atoms with Crippen LogP contribution in [0.1, 0.15) is 29.5 Å². The zero-order valence-electron chi connectivity index (χ0n) is 12.7. The molecule has 0 aromatic heterocycles. The van der Waals surface area contributed by atoms with Gasteiger partial charge in [0.2, 0.25) is 0 Å². The Hall–Kier alpha value is -1.71. The van der Waals surface area contributed by atoms with Crippen LogP contribution in [0.5, 0.6) is 0 Å². The molecule has 1 unspecified atom stereocenters. The van der Waals surface area contributed by atoms with Gasteiger partial charge < -0.3 is 5.73 Å². The van der Waals surface area contributed by atoms with Gasteiger partial charge in [-0.05, 0) is 36.7 Å². The SMILES string of the molecule is CC(CN)c1ccc(CN(C)Cc2ccccc2F)cc1. The third-order valence-corrected chi connectivity index (χ3v) is 3.75. The van der Waals surface area contributed by atoms with Crippen molar-refractivity contribution in [2.75, 3.05) is 13.6 Å². The van der Waals surface area contributed by atoms with E-state index in [0.717, 1.165) is 12.1 Å². The molecule has 0 spiro atoms. The van der Waals surface area contributed by atoms with E-state index in [1.165, 1.54) is 17.2 Å². The molecule has 3 heteroatoms. The fourth-order valence-electron chi connectivity index (χ4n) is 2.37. The van der Waals surface area contributed by atoms with Crippen LogP contribution in [-0.4, -0.2) is 18.5 Å². The van der Waals surface area contributed by atoms with Crippen molar-refractivity contribution in [2.45, 2.75) is 25.9 Å². The highest BCUT2D eigenvalue weighted by atomic mass is 19.1. The fourth-order valence-corrected chi connectivity index (χ4v) is 2.37. The zero-order chi connectivity index (χ0) is 15.2. The van der Waals surface area contributed by atoms with E-state index < -0.39 is 0 Å².